The van der Waals surface area contributed by atoms with Crippen LogP contribution in [-0.2, 0) is 0 Å². The molecule has 0 radical (unpaired) electrons. The van der Waals surface area contributed by atoms with Gasteiger partial charge in [0.2, 0.25) is 0 Å². The molecule has 1 fully saturated rings. The largest absolute Gasteiger partial charge is 0.352 e. The van der Waals surface area contributed by atoms with E-state index in [4.69, 9.17) is 0 Å². The summed E-state index contributed by atoms with van der Waals surface area (Å²) in [4.78, 5) is 11.1. The second-order valence-corrected chi connectivity index (χ2v) is 5.62. The Balaban J connectivity index is 2.00. The molecule has 0 saturated carbocycles. The number of thiophene rings is 1. The number of anilines is 1. The van der Waals surface area contributed by atoms with Crippen LogP contribution >= 0.6 is 11.3 Å². The van der Waals surface area contributed by atoms with Crippen LogP contribution < -0.4 is 10.2 Å². The lowest BCUT2D eigenvalue weighted by atomic mass is 10.1. The van der Waals surface area contributed by atoms with E-state index in [1.807, 2.05) is 0 Å². The third kappa shape index (κ3) is 2.00. The fourth-order valence-corrected chi connectivity index (χ4v) is 3.36. The normalized spacial score (nSPS) is 25.4. The van der Waals surface area contributed by atoms with Crippen molar-refractivity contribution < 1.29 is 0 Å². The highest BCUT2D eigenvalue weighted by Gasteiger charge is 2.23. The summed E-state index contributed by atoms with van der Waals surface area (Å²) in [5, 5.41) is 5.62. The van der Waals surface area contributed by atoms with Gasteiger partial charge in [0.25, 0.3) is 0 Å². The molecule has 2 atom stereocenters. The standard InChI is InChI=1S/C12H16N4S/c1-8-5-16(6-9(2)15-8)12-11-10(3-4-17-11)13-7-14-12/h3-4,7-9,15H,5-6H2,1-2H3. The van der Waals surface area contributed by atoms with E-state index in [9.17, 15) is 0 Å². The molecule has 0 aromatic carbocycles. The monoisotopic (exact) mass is 248 g/mol. The Hall–Kier alpha value is -1.20. The first-order valence-electron chi connectivity index (χ1n) is 5.93. The van der Waals surface area contributed by atoms with Crippen molar-refractivity contribution in [1.82, 2.24) is 15.3 Å². The molecule has 17 heavy (non-hydrogen) atoms. The van der Waals surface area contributed by atoms with Crippen molar-refractivity contribution in [2.24, 2.45) is 0 Å². The van der Waals surface area contributed by atoms with Crippen molar-refractivity contribution in [3.63, 3.8) is 0 Å². The van der Waals surface area contributed by atoms with Gasteiger partial charge in [-0.05, 0) is 25.3 Å². The lowest BCUT2D eigenvalue weighted by Gasteiger charge is -2.36. The Morgan fingerprint density at radius 1 is 1.29 bits per heavy atom. The van der Waals surface area contributed by atoms with Crippen LogP contribution in [0.5, 0.6) is 0 Å². The first-order chi connectivity index (χ1) is 8.24. The molecule has 1 aliphatic rings. The first-order valence-corrected chi connectivity index (χ1v) is 6.81. The summed E-state index contributed by atoms with van der Waals surface area (Å²) in [5.41, 5.74) is 1.05. The van der Waals surface area contributed by atoms with E-state index in [0.717, 1.165) is 24.4 Å². The molecule has 2 unspecified atom stereocenters. The maximum Gasteiger partial charge on any atom is 0.150 e. The van der Waals surface area contributed by atoms with Crippen molar-refractivity contribution >= 4 is 27.4 Å². The van der Waals surface area contributed by atoms with E-state index in [2.05, 4.69) is 45.5 Å². The molecule has 0 amide bonds. The highest BCUT2D eigenvalue weighted by Crippen LogP contribution is 2.28. The first kappa shape index (κ1) is 10.9. The number of fused-ring (bicyclic) bond motifs is 1. The molecule has 4 nitrogen and oxygen atoms in total. The fourth-order valence-electron chi connectivity index (χ4n) is 2.50. The predicted octanol–water partition coefficient (Wildman–Crippen LogP) is 1.88. The van der Waals surface area contributed by atoms with Crippen LogP contribution in [0.25, 0.3) is 10.2 Å². The summed E-state index contributed by atoms with van der Waals surface area (Å²) in [7, 11) is 0. The number of aromatic nitrogens is 2. The van der Waals surface area contributed by atoms with E-state index in [1.165, 1.54) is 4.70 Å². The van der Waals surface area contributed by atoms with Gasteiger partial charge >= 0.3 is 0 Å². The predicted molar refractivity (Wildman–Crippen MR) is 71.7 cm³/mol. The van der Waals surface area contributed by atoms with Gasteiger partial charge in [-0.15, -0.1) is 11.3 Å². The minimum absolute atomic E-state index is 0.503. The van der Waals surface area contributed by atoms with E-state index in [-0.39, 0.29) is 0 Å². The van der Waals surface area contributed by atoms with E-state index in [1.54, 1.807) is 17.7 Å². The van der Waals surface area contributed by atoms with Crippen molar-refractivity contribution in [1.29, 1.82) is 0 Å². The minimum atomic E-state index is 0.503. The van der Waals surface area contributed by atoms with Crippen molar-refractivity contribution in [2.45, 2.75) is 25.9 Å². The molecule has 0 spiro atoms. The molecule has 1 aliphatic heterocycles. The number of nitrogens with zero attached hydrogens (tertiary/aromatic N) is 3. The molecule has 3 rings (SSSR count). The second-order valence-electron chi connectivity index (χ2n) is 4.71. The SMILES string of the molecule is CC1CN(c2ncnc3ccsc23)CC(C)N1. The van der Waals surface area contributed by atoms with Gasteiger partial charge in [0.05, 0.1) is 10.2 Å². The molecule has 90 valence electrons. The van der Waals surface area contributed by atoms with E-state index in [0.29, 0.717) is 12.1 Å². The summed E-state index contributed by atoms with van der Waals surface area (Å²) < 4.78 is 1.20. The van der Waals surface area contributed by atoms with Crippen molar-refractivity contribution in [3.05, 3.63) is 17.8 Å². The van der Waals surface area contributed by atoms with Gasteiger partial charge in [-0.25, -0.2) is 9.97 Å². The zero-order chi connectivity index (χ0) is 11.8. The fraction of sp³-hybridized carbons (Fsp3) is 0.500. The molecule has 1 N–H and O–H groups in total. The number of hydrogen-bond donors (Lipinski definition) is 1. The van der Waals surface area contributed by atoms with Crippen LogP contribution in [0.15, 0.2) is 17.8 Å². The number of nitrogens with one attached hydrogen (secondary N) is 1. The van der Waals surface area contributed by atoms with Crippen molar-refractivity contribution in [2.75, 3.05) is 18.0 Å². The third-order valence-corrected chi connectivity index (χ3v) is 3.98. The third-order valence-electron chi connectivity index (χ3n) is 3.08. The minimum Gasteiger partial charge on any atom is -0.352 e. The Morgan fingerprint density at radius 3 is 2.82 bits per heavy atom. The molecular formula is C12H16N4S. The van der Waals surface area contributed by atoms with Gasteiger partial charge in [0, 0.05) is 25.2 Å². The van der Waals surface area contributed by atoms with Crippen LogP contribution in [-0.4, -0.2) is 35.1 Å². The van der Waals surface area contributed by atoms with Crippen LogP contribution in [0, 0.1) is 0 Å². The van der Waals surface area contributed by atoms with E-state index < -0.39 is 0 Å². The van der Waals surface area contributed by atoms with Crippen molar-refractivity contribution in [3.8, 4) is 0 Å². The molecular weight excluding hydrogens is 232 g/mol. The number of hydrogen-bond acceptors (Lipinski definition) is 5. The Morgan fingerprint density at radius 2 is 2.06 bits per heavy atom. The smallest absolute Gasteiger partial charge is 0.150 e. The lowest BCUT2D eigenvalue weighted by Crippen LogP contribution is -2.54. The average Bonchev–Trinajstić information content (AvgIpc) is 2.75. The zero-order valence-electron chi connectivity index (χ0n) is 10.1. The van der Waals surface area contributed by atoms with E-state index >= 15 is 0 Å². The summed E-state index contributed by atoms with van der Waals surface area (Å²) >= 11 is 1.72. The molecule has 2 aromatic heterocycles. The van der Waals surface area contributed by atoms with Crippen LogP contribution in [0.2, 0.25) is 0 Å². The maximum absolute atomic E-state index is 4.47. The second kappa shape index (κ2) is 4.23. The topological polar surface area (TPSA) is 41.1 Å². The number of rotatable bonds is 1. The summed E-state index contributed by atoms with van der Waals surface area (Å²) in [6.07, 6.45) is 1.67. The Kier molecular flexibility index (Phi) is 2.72. The van der Waals surface area contributed by atoms with Gasteiger partial charge < -0.3 is 10.2 Å². The van der Waals surface area contributed by atoms with Gasteiger partial charge in [-0.2, -0.15) is 0 Å². The van der Waals surface area contributed by atoms with Gasteiger partial charge in [-0.1, -0.05) is 0 Å². The van der Waals surface area contributed by atoms with Crippen LogP contribution in [0.4, 0.5) is 5.82 Å². The quantitative estimate of drug-likeness (QED) is 0.836. The molecule has 3 heterocycles. The molecule has 0 bridgehead atoms. The Labute approximate surface area is 105 Å². The van der Waals surface area contributed by atoms with Gasteiger partial charge in [0.15, 0.2) is 0 Å². The Bertz CT molecular complexity index is 514. The van der Waals surface area contributed by atoms with Gasteiger partial charge in [-0.3, -0.25) is 0 Å². The summed E-state index contributed by atoms with van der Waals surface area (Å²) in [6, 6.07) is 3.06. The molecule has 5 heteroatoms. The highest BCUT2D eigenvalue weighted by molar-refractivity contribution is 7.17. The lowest BCUT2D eigenvalue weighted by molar-refractivity contribution is 0.406. The maximum atomic E-state index is 4.47. The van der Waals surface area contributed by atoms with Crippen LogP contribution in [0.3, 0.4) is 0 Å². The highest BCUT2D eigenvalue weighted by atomic mass is 32.1. The summed E-state index contributed by atoms with van der Waals surface area (Å²) in [6.45, 7) is 6.45. The summed E-state index contributed by atoms with van der Waals surface area (Å²) in [5.74, 6) is 1.09. The van der Waals surface area contributed by atoms with Gasteiger partial charge in [0.1, 0.15) is 12.1 Å². The zero-order valence-corrected chi connectivity index (χ0v) is 10.9. The molecule has 2 aromatic rings. The number of piperazine rings is 1. The molecule has 0 aliphatic carbocycles. The average molecular weight is 248 g/mol. The van der Waals surface area contributed by atoms with Crippen LogP contribution in [0.1, 0.15) is 13.8 Å². The molecule has 1 saturated heterocycles.